The van der Waals surface area contributed by atoms with Crippen molar-refractivity contribution in [1.29, 1.82) is 0 Å². The minimum absolute atomic E-state index is 0.785. The van der Waals surface area contributed by atoms with Gasteiger partial charge in [-0.25, -0.2) is 0 Å². The van der Waals surface area contributed by atoms with Crippen molar-refractivity contribution >= 4 is 5.96 Å². The highest BCUT2D eigenvalue weighted by molar-refractivity contribution is 5.79. The maximum atomic E-state index is 4.36. The third-order valence-corrected chi connectivity index (χ3v) is 5.28. The first-order valence-corrected chi connectivity index (χ1v) is 10.5. The summed E-state index contributed by atoms with van der Waals surface area (Å²) in [5.41, 5.74) is 3.86. The maximum absolute atomic E-state index is 4.36. The lowest BCUT2D eigenvalue weighted by atomic mass is 10.1. The Balaban J connectivity index is 1.49. The van der Waals surface area contributed by atoms with Gasteiger partial charge in [0.15, 0.2) is 5.96 Å². The quantitative estimate of drug-likeness (QED) is 0.572. The van der Waals surface area contributed by atoms with Gasteiger partial charge in [-0.1, -0.05) is 43.2 Å². The van der Waals surface area contributed by atoms with Crippen LogP contribution in [0.25, 0.3) is 0 Å². The van der Waals surface area contributed by atoms with Gasteiger partial charge in [0.25, 0.3) is 0 Å². The van der Waals surface area contributed by atoms with E-state index in [1.54, 1.807) is 0 Å². The molecule has 1 aromatic heterocycles. The molecule has 5 heteroatoms. The van der Waals surface area contributed by atoms with Crippen molar-refractivity contribution in [2.24, 2.45) is 4.99 Å². The van der Waals surface area contributed by atoms with Crippen molar-refractivity contribution in [3.05, 3.63) is 65.5 Å². The Morgan fingerprint density at radius 3 is 2.43 bits per heavy atom. The van der Waals surface area contributed by atoms with E-state index in [2.05, 4.69) is 55.8 Å². The van der Waals surface area contributed by atoms with E-state index in [0.717, 1.165) is 37.7 Å². The van der Waals surface area contributed by atoms with Crippen molar-refractivity contribution < 1.29 is 0 Å². The molecule has 5 nitrogen and oxygen atoms in total. The SMILES string of the molecule is CN=C(NCCc1ccccn1)NCc1ccccc1CN1CCCCCC1. The first-order valence-electron chi connectivity index (χ1n) is 10.5. The largest absolute Gasteiger partial charge is 0.356 e. The van der Waals surface area contributed by atoms with Gasteiger partial charge >= 0.3 is 0 Å². The van der Waals surface area contributed by atoms with E-state index < -0.39 is 0 Å². The summed E-state index contributed by atoms with van der Waals surface area (Å²) in [4.78, 5) is 11.3. The molecule has 1 fully saturated rings. The van der Waals surface area contributed by atoms with Crippen LogP contribution in [0.2, 0.25) is 0 Å². The van der Waals surface area contributed by atoms with Gasteiger partial charge in [-0.3, -0.25) is 14.9 Å². The van der Waals surface area contributed by atoms with Crippen molar-refractivity contribution in [3.63, 3.8) is 0 Å². The third-order valence-electron chi connectivity index (χ3n) is 5.28. The van der Waals surface area contributed by atoms with Crippen molar-refractivity contribution in [3.8, 4) is 0 Å². The number of guanidine groups is 1. The van der Waals surface area contributed by atoms with Crippen molar-refractivity contribution in [1.82, 2.24) is 20.5 Å². The monoisotopic (exact) mass is 379 g/mol. The summed E-state index contributed by atoms with van der Waals surface area (Å²) in [6, 6.07) is 14.8. The van der Waals surface area contributed by atoms with E-state index in [1.165, 1.54) is 49.9 Å². The predicted molar refractivity (Wildman–Crippen MR) is 116 cm³/mol. The fourth-order valence-corrected chi connectivity index (χ4v) is 3.67. The second-order valence-electron chi connectivity index (χ2n) is 7.38. The summed E-state index contributed by atoms with van der Waals surface area (Å²) in [6.45, 7) is 5.08. The molecule has 0 spiro atoms. The van der Waals surface area contributed by atoms with Crippen LogP contribution < -0.4 is 10.6 Å². The molecular formula is C23H33N5. The number of aliphatic imine (C=N–C) groups is 1. The Morgan fingerprint density at radius 1 is 0.964 bits per heavy atom. The molecule has 28 heavy (non-hydrogen) atoms. The topological polar surface area (TPSA) is 52.6 Å². The number of hydrogen-bond acceptors (Lipinski definition) is 3. The highest BCUT2D eigenvalue weighted by Crippen LogP contribution is 2.16. The minimum atomic E-state index is 0.785. The van der Waals surface area contributed by atoms with Crippen LogP contribution in [-0.4, -0.2) is 42.5 Å². The number of rotatable bonds is 7. The molecule has 0 unspecified atom stereocenters. The van der Waals surface area contributed by atoms with E-state index in [0.29, 0.717) is 0 Å². The molecule has 2 heterocycles. The van der Waals surface area contributed by atoms with E-state index in [-0.39, 0.29) is 0 Å². The van der Waals surface area contributed by atoms with Crippen LogP contribution >= 0.6 is 0 Å². The van der Waals surface area contributed by atoms with E-state index >= 15 is 0 Å². The number of pyridine rings is 1. The average molecular weight is 380 g/mol. The molecule has 0 amide bonds. The molecule has 150 valence electrons. The lowest BCUT2D eigenvalue weighted by molar-refractivity contribution is 0.276. The third kappa shape index (κ3) is 6.64. The first-order chi connectivity index (χ1) is 13.8. The molecule has 2 N–H and O–H groups in total. The Hall–Kier alpha value is -2.40. The van der Waals surface area contributed by atoms with Gasteiger partial charge in [0.1, 0.15) is 0 Å². The van der Waals surface area contributed by atoms with Gasteiger partial charge in [-0.05, 0) is 49.2 Å². The van der Waals surface area contributed by atoms with Crippen molar-refractivity contribution in [2.75, 3.05) is 26.7 Å². The normalized spacial score (nSPS) is 15.8. The fourth-order valence-electron chi connectivity index (χ4n) is 3.67. The molecule has 0 aliphatic carbocycles. The van der Waals surface area contributed by atoms with Crippen LogP contribution in [0.3, 0.4) is 0 Å². The second-order valence-corrected chi connectivity index (χ2v) is 7.38. The molecule has 0 bridgehead atoms. The van der Waals surface area contributed by atoms with Gasteiger partial charge in [-0.15, -0.1) is 0 Å². The van der Waals surface area contributed by atoms with Crippen LogP contribution in [-0.2, 0) is 19.5 Å². The van der Waals surface area contributed by atoms with Gasteiger partial charge in [-0.2, -0.15) is 0 Å². The summed E-state index contributed by atoms with van der Waals surface area (Å²) in [7, 11) is 1.82. The maximum Gasteiger partial charge on any atom is 0.191 e. The Labute approximate surface area is 169 Å². The zero-order valence-corrected chi connectivity index (χ0v) is 17.0. The van der Waals surface area contributed by atoms with Gasteiger partial charge in [0.2, 0.25) is 0 Å². The molecule has 3 rings (SSSR count). The van der Waals surface area contributed by atoms with E-state index in [4.69, 9.17) is 0 Å². The molecular weight excluding hydrogens is 346 g/mol. The highest BCUT2D eigenvalue weighted by atomic mass is 15.2. The van der Waals surface area contributed by atoms with Gasteiger partial charge < -0.3 is 10.6 Å². The van der Waals surface area contributed by atoms with Crippen LogP contribution in [0.1, 0.15) is 42.5 Å². The van der Waals surface area contributed by atoms with Gasteiger partial charge in [0, 0.05) is 45.0 Å². The lowest BCUT2D eigenvalue weighted by Crippen LogP contribution is -2.38. The second kappa shape index (κ2) is 11.4. The van der Waals surface area contributed by atoms with Crippen LogP contribution in [0.15, 0.2) is 53.7 Å². The van der Waals surface area contributed by atoms with Crippen LogP contribution in [0.4, 0.5) is 0 Å². The Bertz CT molecular complexity index is 721. The molecule has 0 atom stereocenters. The molecule has 0 radical (unpaired) electrons. The number of nitrogens with one attached hydrogen (secondary N) is 2. The molecule has 1 aliphatic heterocycles. The Kier molecular flexibility index (Phi) is 8.31. The number of likely N-dealkylation sites (tertiary alicyclic amines) is 1. The fraction of sp³-hybridized carbons (Fsp3) is 0.478. The molecule has 1 aromatic carbocycles. The standard InChI is InChI=1S/C23H33N5/c1-24-23(26-15-13-22-12-6-7-14-25-22)27-18-20-10-4-5-11-21(20)19-28-16-8-2-3-9-17-28/h4-7,10-12,14H,2-3,8-9,13,15-19H2,1H3,(H2,24,26,27). The summed E-state index contributed by atoms with van der Waals surface area (Å²) in [6.07, 6.45) is 8.12. The molecule has 1 aliphatic rings. The lowest BCUT2D eigenvalue weighted by Gasteiger charge is -2.22. The average Bonchev–Trinajstić information content (AvgIpc) is 3.01. The molecule has 0 saturated carbocycles. The summed E-state index contributed by atoms with van der Waals surface area (Å²) in [5, 5.41) is 6.85. The van der Waals surface area contributed by atoms with E-state index in [9.17, 15) is 0 Å². The number of benzene rings is 1. The minimum Gasteiger partial charge on any atom is -0.356 e. The molecule has 1 saturated heterocycles. The van der Waals surface area contributed by atoms with Crippen molar-refractivity contribution in [2.45, 2.75) is 45.2 Å². The molecule has 2 aromatic rings. The number of nitrogens with zero attached hydrogens (tertiary/aromatic N) is 3. The smallest absolute Gasteiger partial charge is 0.191 e. The summed E-state index contributed by atoms with van der Waals surface area (Å²) >= 11 is 0. The first kappa shape index (κ1) is 20.3. The van der Waals surface area contributed by atoms with E-state index in [1.807, 2.05) is 25.4 Å². The highest BCUT2D eigenvalue weighted by Gasteiger charge is 2.11. The summed E-state index contributed by atoms with van der Waals surface area (Å²) in [5.74, 6) is 0.834. The number of aromatic nitrogens is 1. The zero-order chi connectivity index (χ0) is 19.4. The Morgan fingerprint density at radius 2 is 1.71 bits per heavy atom. The van der Waals surface area contributed by atoms with Gasteiger partial charge in [0.05, 0.1) is 0 Å². The number of hydrogen-bond donors (Lipinski definition) is 2. The summed E-state index contributed by atoms with van der Waals surface area (Å²) < 4.78 is 0. The van der Waals surface area contributed by atoms with Crippen LogP contribution in [0, 0.1) is 0 Å². The predicted octanol–water partition coefficient (Wildman–Crippen LogP) is 3.37. The zero-order valence-electron chi connectivity index (χ0n) is 17.0. The van der Waals surface area contributed by atoms with Crippen LogP contribution in [0.5, 0.6) is 0 Å².